The number of amides is 1. The molecule has 1 aliphatic heterocycles. The average molecular weight is 263 g/mol. The summed E-state index contributed by atoms with van der Waals surface area (Å²) in [6.45, 7) is 6.35. The maximum absolute atomic E-state index is 12.2. The Balaban J connectivity index is 1.99. The fraction of sp³-hybridized carbons (Fsp3) is 0.538. The van der Waals surface area contributed by atoms with E-state index < -0.39 is 0 Å². The van der Waals surface area contributed by atoms with E-state index in [1.807, 2.05) is 11.9 Å². The molecule has 0 saturated carbocycles. The Hall–Kier alpha value is -1.66. The van der Waals surface area contributed by atoms with Gasteiger partial charge >= 0.3 is 0 Å². The minimum Gasteiger partial charge on any atom is -0.370 e. The summed E-state index contributed by atoms with van der Waals surface area (Å²) in [7, 11) is 2.09. The topological polar surface area (TPSA) is 60.5 Å². The minimum absolute atomic E-state index is 0.103. The van der Waals surface area contributed by atoms with Crippen molar-refractivity contribution in [2.24, 2.45) is 0 Å². The second kappa shape index (κ2) is 6.49. The summed E-state index contributed by atoms with van der Waals surface area (Å²) in [4.78, 5) is 18.7. The van der Waals surface area contributed by atoms with Crippen LogP contribution in [-0.4, -0.2) is 60.6 Å². The summed E-state index contributed by atoms with van der Waals surface area (Å²) in [5.41, 5.74) is 3.53. The molecule has 0 spiro atoms. The molecule has 1 aromatic rings. The highest BCUT2D eigenvalue weighted by Crippen LogP contribution is 2.11. The van der Waals surface area contributed by atoms with Crippen molar-refractivity contribution in [3.8, 4) is 0 Å². The van der Waals surface area contributed by atoms with Crippen LogP contribution in [0, 0.1) is 0 Å². The van der Waals surface area contributed by atoms with E-state index in [2.05, 4.69) is 27.7 Å². The third kappa shape index (κ3) is 3.65. The summed E-state index contributed by atoms with van der Waals surface area (Å²) >= 11 is 0. The quantitative estimate of drug-likeness (QED) is 0.824. The molecule has 0 aliphatic carbocycles. The first-order valence-electron chi connectivity index (χ1n) is 6.64. The lowest BCUT2D eigenvalue weighted by Crippen LogP contribution is -2.52. The van der Waals surface area contributed by atoms with E-state index in [9.17, 15) is 4.79 Å². The standard InChI is InChI=1S/C13H21N5O/c1-3-14-12-11(5-4-6-15-12)13(19)16-18-9-7-17(2)8-10-18/h4-6H,3,7-10H2,1-2H3,(H,14,15)(H,16,19). The molecule has 19 heavy (non-hydrogen) atoms. The normalized spacial score (nSPS) is 17.2. The summed E-state index contributed by atoms with van der Waals surface area (Å²) < 4.78 is 0. The van der Waals surface area contributed by atoms with Crippen LogP contribution in [0.1, 0.15) is 17.3 Å². The highest BCUT2D eigenvalue weighted by atomic mass is 16.2. The minimum atomic E-state index is -0.103. The zero-order valence-corrected chi connectivity index (χ0v) is 11.5. The molecule has 0 radical (unpaired) electrons. The van der Waals surface area contributed by atoms with E-state index in [1.165, 1.54) is 0 Å². The zero-order chi connectivity index (χ0) is 13.7. The number of nitrogens with zero attached hydrogens (tertiary/aromatic N) is 3. The molecule has 0 aromatic carbocycles. The smallest absolute Gasteiger partial charge is 0.269 e. The van der Waals surface area contributed by atoms with Gasteiger partial charge in [-0.25, -0.2) is 9.99 Å². The third-order valence-corrected chi connectivity index (χ3v) is 3.16. The molecule has 1 amide bonds. The van der Waals surface area contributed by atoms with Gasteiger partial charge in [0, 0.05) is 38.9 Å². The Bertz CT molecular complexity index is 429. The number of carbonyl (C=O) groups excluding carboxylic acids is 1. The van der Waals surface area contributed by atoms with Crippen molar-refractivity contribution in [1.29, 1.82) is 0 Å². The number of nitrogens with one attached hydrogen (secondary N) is 2. The van der Waals surface area contributed by atoms with Gasteiger partial charge in [-0.3, -0.25) is 10.2 Å². The van der Waals surface area contributed by atoms with E-state index in [0.717, 1.165) is 32.7 Å². The number of likely N-dealkylation sites (N-methyl/N-ethyl adjacent to an activating group) is 1. The first kappa shape index (κ1) is 13.8. The van der Waals surface area contributed by atoms with Crippen molar-refractivity contribution in [2.75, 3.05) is 45.1 Å². The van der Waals surface area contributed by atoms with Crippen LogP contribution < -0.4 is 10.7 Å². The van der Waals surface area contributed by atoms with E-state index in [-0.39, 0.29) is 5.91 Å². The van der Waals surface area contributed by atoms with Gasteiger partial charge in [-0.05, 0) is 26.1 Å². The lowest BCUT2D eigenvalue weighted by atomic mass is 10.2. The molecule has 6 nitrogen and oxygen atoms in total. The van der Waals surface area contributed by atoms with Crippen LogP contribution in [0.4, 0.5) is 5.82 Å². The van der Waals surface area contributed by atoms with Gasteiger partial charge in [0.05, 0.1) is 5.56 Å². The number of hydrogen-bond acceptors (Lipinski definition) is 5. The molecule has 1 saturated heterocycles. The van der Waals surface area contributed by atoms with Crippen LogP contribution >= 0.6 is 0 Å². The van der Waals surface area contributed by atoms with Gasteiger partial charge in [-0.15, -0.1) is 0 Å². The molecule has 6 heteroatoms. The Morgan fingerprint density at radius 3 is 2.79 bits per heavy atom. The molecule has 0 atom stereocenters. The first-order chi connectivity index (χ1) is 9.20. The third-order valence-electron chi connectivity index (χ3n) is 3.16. The number of aromatic nitrogens is 1. The van der Waals surface area contributed by atoms with Gasteiger partial charge in [0.2, 0.25) is 0 Å². The lowest BCUT2D eigenvalue weighted by Gasteiger charge is -2.32. The number of hydrazine groups is 1. The van der Waals surface area contributed by atoms with Crippen LogP contribution in [0.5, 0.6) is 0 Å². The first-order valence-corrected chi connectivity index (χ1v) is 6.64. The van der Waals surface area contributed by atoms with Gasteiger partial charge in [-0.1, -0.05) is 0 Å². The van der Waals surface area contributed by atoms with Crippen molar-refractivity contribution in [1.82, 2.24) is 20.3 Å². The molecule has 0 bridgehead atoms. The molecular weight excluding hydrogens is 242 g/mol. The van der Waals surface area contributed by atoms with Crippen LogP contribution in [0.3, 0.4) is 0 Å². The second-order valence-corrected chi connectivity index (χ2v) is 4.66. The molecular formula is C13H21N5O. The monoisotopic (exact) mass is 263 g/mol. The van der Waals surface area contributed by atoms with Gasteiger partial charge < -0.3 is 10.2 Å². The number of rotatable bonds is 4. The van der Waals surface area contributed by atoms with E-state index in [0.29, 0.717) is 11.4 Å². The van der Waals surface area contributed by atoms with Crippen molar-refractivity contribution >= 4 is 11.7 Å². The van der Waals surface area contributed by atoms with Crippen LogP contribution in [0.2, 0.25) is 0 Å². The number of pyridine rings is 1. The average Bonchev–Trinajstić information content (AvgIpc) is 2.42. The molecule has 1 fully saturated rings. The van der Waals surface area contributed by atoms with Crippen molar-refractivity contribution in [2.45, 2.75) is 6.92 Å². The number of piperazine rings is 1. The predicted octanol–water partition coefficient (Wildman–Crippen LogP) is 0.406. The molecule has 1 aliphatic rings. The molecule has 2 heterocycles. The highest BCUT2D eigenvalue weighted by molar-refractivity contribution is 5.98. The summed E-state index contributed by atoms with van der Waals surface area (Å²) in [6.07, 6.45) is 1.69. The molecule has 1 aromatic heterocycles. The largest absolute Gasteiger partial charge is 0.370 e. The number of anilines is 1. The van der Waals surface area contributed by atoms with Gasteiger partial charge in [0.25, 0.3) is 5.91 Å². The zero-order valence-electron chi connectivity index (χ0n) is 11.5. The fourth-order valence-corrected chi connectivity index (χ4v) is 2.02. The molecule has 104 valence electrons. The fourth-order valence-electron chi connectivity index (χ4n) is 2.02. The van der Waals surface area contributed by atoms with Crippen molar-refractivity contribution < 1.29 is 4.79 Å². The lowest BCUT2D eigenvalue weighted by molar-refractivity contribution is 0.0663. The van der Waals surface area contributed by atoms with Gasteiger partial charge in [0.1, 0.15) is 5.82 Å². The Kier molecular flexibility index (Phi) is 4.70. The molecule has 2 N–H and O–H groups in total. The maximum Gasteiger partial charge on any atom is 0.269 e. The second-order valence-electron chi connectivity index (χ2n) is 4.66. The van der Waals surface area contributed by atoms with Crippen molar-refractivity contribution in [3.05, 3.63) is 23.9 Å². The van der Waals surface area contributed by atoms with E-state index in [4.69, 9.17) is 0 Å². The number of hydrogen-bond donors (Lipinski definition) is 2. The van der Waals surface area contributed by atoms with Crippen LogP contribution in [0.25, 0.3) is 0 Å². The van der Waals surface area contributed by atoms with Crippen molar-refractivity contribution in [3.63, 3.8) is 0 Å². The van der Waals surface area contributed by atoms with Gasteiger partial charge in [0.15, 0.2) is 0 Å². The highest BCUT2D eigenvalue weighted by Gasteiger charge is 2.18. The Morgan fingerprint density at radius 2 is 2.11 bits per heavy atom. The SMILES string of the molecule is CCNc1ncccc1C(=O)NN1CCN(C)CC1. The van der Waals surface area contributed by atoms with E-state index >= 15 is 0 Å². The maximum atomic E-state index is 12.2. The van der Waals surface area contributed by atoms with Gasteiger partial charge in [-0.2, -0.15) is 0 Å². The Morgan fingerprint density at radius 1 is 1.37 bits per heavy atom. The molecule has 0 unspecified atom stereocenters. The van der Waals surface area contributed by atoms with Crippen LogP contribution in [-0.2, 0) is 0 Å². The number of carbonyl (C=O) groups is 1. The molecule has 2 rings (SSSR count). The summed E-state index contributed by atoms with van der Waals surface area (Å²) in [6, 6.07) is 3.57. The predicted molar refractivity (Wildman–Crippen MR) is 74.9 cm³/mol. The van der Waals surface area contributed by atoms with E-state index in [1.54, 1.807) is 18.3 Å². The van der Waals surface area contributed by atoms with Crippen LogP contribution in [0.15, 0.2) is 18.3 Å². The summed E-state index contributed by atoms with van der Waals surface area (Å²) in [5, 5.41) is 5.07. The Labute approximate surface area is 113 Å². The summed E-state index contributed by atoms with van der Waals surface area (Å²) in [5.74, 6) is 0.533.